The fourth-order valence-corrected chi connectivity index (χ4v) is 3.24. The first kappa shape index (κ1) is 14.5. The van der Waals surface area contributed by atoms with Gasteiger partial charge >= 0.3 is 0 Å². The number of amides is 1. The Balaban J connectivity index is 1.50. The van der Waals surface area contributed by atoms with Crippen LogP contribution in [-0.4, -0.2) is 54.2 Å². The number of carbonyl (C=O) groups is 1. The lowest BCUT2D eigenvalue weighted by molar-refractivity contribution is -0.142. The quantitative estimate of drug-likeness (QED) is 0.909. The molecule has 2 aromatic rings. The average Bonchev–Trinajstić information content (AvgIpc) is 3.27. The van der Waals surface area contributed by atoms with E-state index in [1.165, 1.54) is 0 Å². The zero-order valence-corrected chi connectivity index (χ0v) is 12.9. The second kappa shape index (κ2) is 5.82. The highest BCUT2D eigenvalue weighted by Crippen LogP contribution is 2.24. The van der Waals surface area contributed by atoms with Crippen molar-refractivity contribution in [3.05, 3.63) is 29.9 Å². The van der Waals surface area contributed by atoms with Crippen LogP contribution in [0.4, 0.5) is 0 Å². The van der Waals surface area contributed by atoms with E-state index in [0.29, 0.717) is 36.3 Å². The molecule has 23 heavy (non-hydrogen) atoms. The van der Waals surface area contributed by atoms with Gasteiger partial charge in [0.15, 0.2) is 5.76 Å². The summed E-state index contributed by atoms with van der Waals surface area (Å²) in [6.07, 6.45) is 1.91. The fraction of sp³-hybridized carbons (Fsp3) is 0.500. The van der Waals surface area contributed by atoms with Gasteiger partial charge in [-0.25, -0.2) is 4.98 Å². The highest BCUT2D eigenvalue weighted by atomic mass is 16.5. The average molecular weight is 317 g/mol. The molecule has 0 spiro atoms. The predicted octanol–water partition coefficient (Wildman–Crippen LogP) is 0.985. The van der Waals surface area contributed by atoms with E-state index in [4.69, 9.17) is 13.6 Å². The molecule has 2 aliphatic heterocycles. The van der Waals surface area contributed by atoms with E-state index in [1.54, 1.807) is 18.4 Å². The maximum absolute atomic E-state index is 12.7. The summed E-state index contributed by atoms with van der Waals surface area (Å²) < 4.78 is 16.6. The van der Waals surface area contributed by atoms with Crippen molar-refractivity contribution in [2.24, 2.45) is 0 Å². The highest BCUT2D eigenvalue weighted by Gasteiger charge is 2.38. The maximum Gasteiger partial charge on any atom is 0.263 e. The van der Waals surface area contributed by atoms with Gasteiger partial charge in [0.2, 0.25) is 5.91 Å². The number of aromatic nitrogens is 1. The smallest absolute Gasteiger partial charge is 0.263 e. The molecule has 7 heteroatoms. The molecule has 2 fully saturated rings. The van der Waals surface area contributed by atoms with Gasteiger partial charge in [-0.2, -0.15) is 0 Å². The number of ether oxygens (including phenoxy) is 1. The minimum atomic E-state index is 0.0643. The van der Waals surface area contributed by atoms with E-state index in [9.17, 15) is 4.79 Å². The Morgan fingerprint density at radius 1 is 1.48 bits per heavy atom. The van der Waals surface area contributed by atoms with Crippen LogP contribution >= 0.6 is 0 Å². The molecule has 1 N–H and O–H groups in total. The van der Waals surface area contributed by atoms with Gasteiger partial charge in [0.05, 0.1) is 37.1 Å². The standard InChI is InChI=1S/C16H19N3O4/c1-10-11(18-16(23-10)13-3-2-5-21-13)7-15(20)19-4-6-22-14-9-17-8-12(14)19/h2-3,5,12,14,17H,4,6-9H2,1H3/t12-,14+/m1/s1. The number of fused-ring (bicyclic) bond motifs is 1. The van der Waals surface area contributed by atoms with Crippen molar-refractivity contribution >= 4 is 5.91 Å². The monoisotopic (exact) mass is 317 g/mol. The number of oxazole rings is 1. The Morgan fingerprint density at radius 2 is 2.39 bits per heavy atom. The molecular weight excluding hydrogens is 298 g/mol. The molecule has 2 atom stereocenters. The van der Waals surface area contributed by atoms with E-state index in [-0.39, 0.29) is 24.5 Å². The van der Waals surface area contributed by atoms with Crippen molar-refractivity contribution in [2.75, 3.05) is 26.2 Å². The van der Waals surface area contributed by atoms with Crippen molar-refractivity contribution in [3.63, 3.8) is 0 Å². The zero-order chi connectivity index (χ0) is 15.8. The van der Waals surface area contributed by atoms with Crippen molar-refractivity contribution in [2.45, 2.75) is 25.5 Å². The lowest BCUT2D eigenvalue weighted by Crippen LogP contribution is -2.53. The lowest BCUT2D eigenvalue weighted by atomic mass is 10.1. The van der Waals surface area contributed by atoms with Gasteiger partial charge in [-0.05, 0) is 19.1 Å². The van der Waals surface area contributed by atoms with Crippen molar-refractivity contribution in [1.82, 2.24) is 15.2 Å². The summed E-state index contributed by atoms with van der Waals surface area (Å²) in [6, 6.07) is 3.68. The van der Waals surface area contributed by atoms with Crippen LogP contribution in [0.3, 0.4) is 0 Å². The van der Waals surface area contributed by atoms with Crippen molar-refractivity contribution in [3.8, 4) is 11.7 Å². The van der Waals surface area contributed by atoms with Gasteiger partial charge in [-0.15, -0.1) is 0 Å². The van der Waals surface area contributed by atoms with Gasteiger partial charge in [-0.1, -0.05) is 0 Å². The van der Waals surface area contributed by atoms with Crippen LogP contribution in [0.5, 0.6) is 0 Å². The van der Waals surface area contributed by atoms with Crippen LogP contribution in [-0.2, 0) is 16.0 Å². The van der Waals surface area contributed by atoms with Crippen LogP contribution < -0.4 is 5.32 Å². The number of rotatable bonds is 3. The lowest BCUT2D eigenvalue weighted by Gasteiger charge is -2.36. The summed E-state index contributed by atoms with van der Waals surface area (Å²) in [7, 11) is 0. The van der Waals surface area contributed by atoms with Gasteiger partial charge in [0.25, 0.3) is 5.89 Å². The van der Waals surface area contributed by atoms with E-state index in [1.807, 2.05) is 11.8 Å². The second-order valence-electron chi connectivity index (χ2n) is 5.90. The number of nitrogens with zero attached hydrogens (tertiary/aromatic N) is 2. The molecule has 4 rings (SSSR count). The van der Waals surface area contributed by atoms with Gasteiger partial charge in [0.1, 0.15) is 5.76 Å². The Morgan fingerprint density at radius 3 is 3.22 bits per heavy atom. The maximum atomic E-state index is 12.7. The molecule has 1 amide bonds. The minimum absolute atomic E-state index is 0.0643. The first-order chi connectivity index (χ1) is 11.2. The number of hydrogen-bond acceptors (Lipinski definition) is 6. The summed E-state index contributed by atoms with van der Waals surface area (Å²) in [4.78, 5) is 19.0. The van der Waals surface area contributed by atoms with Gasteiger partial charge in [-0.3, -0.25) is 4.79 Å². The number of aryl methyl sites for hydroxylation is 1. The topological polar surface area (TPSA) is 80.7 Å². The van der Waals surface area contributed by atoms with Crippen LogP contribution in [0.1, 0.15) is 11.5 Å². The van der Waals surface area contributed by atoms with Crippen LogP contribution in [0.25, 0.3) is 11.7 Å². The predicted molar refractivity (Wildman–Crippen MR) is 80.8 cm³/mol. The van der Waals surface area contributed by atoms with Crippen LogP contribution in [0.15, 0.2) is 27.2 Å². The second-order valence-corrected chi connectivity index (χ2v) is 5.90. The molecule has 0 radical (unpaired) electrons. The molecule has 0 unspecified atom stereocenters. The third-order valence-electron chi connectivity index (χ3n) is 4.46. The van der Waals surface area contributed by atoms with Crippen molar-refractivity contribution < 1.29 is 18.4 Å². The minimum Gasteiger partial charge on any atom is -0.459 e. The van der Waals surface area contributed by atoms with Crippen LogP contribution in [0.2, 0.25) is 0 Å². The summed E-state index contributed by atoms with van der Waals surface area (Å²) in [5.41, 5.74) is 0.662. The van der Waals surface area contributed by atoms with E-state index >= 15 is 0 Å². The van der Waals surface area contributed by atoms with Gasteiger partial charge < -0.3 is 23.8 Å². The Labute approximate surface area is 133 Å². The Kier molecular flexibility index (Phi) is 3.66. The number of furan rings is 1. The molecular formula is C16H19N3O4. The van der Waals surface area contributed by atoms with Gasteiger partial charge in [0, 0.05) is 19.6 Å². The summed E-state index contributed by atoms with van der Waals surface area (Å²) in [5.74, 6) is 1.70. The SMILES string of the molecule is Cc1oc(-c2ccco2)nc1CC(=O)N1CCO[C@H]2CNC[C@H]21. The van der Waals surface area contributed by atoms with E-state index < -0.39 is 0 Å². The van der Waals surface area contributed by atoms with E-state index in [0.717, 1.165) is 13.1 Å². The Bertz CT molecular complexity index is 694. The molecule has 0 aliphatic carbocycles. The molecule has 4 heterocycles. The number of morpholine rings is 1. The highest BCUT2D eigenvalue weighted by molar-refractivity contribution is 5.79. The summed E-state index contributed by atoms with van der Waals surface area (Å²) in [6.45, 7) is 4.63. The molecule has 2 saturated heterocycles. The summed E-state index contributed by atoms with van der Waals surface area (Å²) >= 11 is 0. The fourth-order valence-electron chi connectivity index (χ4n) is 3.24. The molecule has 0 aromatic carbocycles. The molecule has 122 valence electrons. The van der Waals surface area contributed by atoms with Crippen molar-refractivity contribution in [1.29, 1.82) is 0 Å². The first-order valence-corrected chi connectivity index (χ1v) is 7.84. The Hall–Kier alpha value is -2.12. The largest absolute Gasteiger partial charge is 0.459 e. The molecule has 7 nitrogen and oxygen atoms in total. The number of carbonyl (C=O) groups excluding carboxylic acids is 1. The third kappa shape index (κ3) is 2.66. The third-order valence-corrected chi connectivity index (χ3v) is 4.46. The summed E-state index contributed by atoms with van der Waals surface area (Å²) in [5, 5.41) is 3.28. The molecule has 0 saturated carbocycles. The number of nitrogens with one attached hydrogen (secondary N) is 1. The van der Waals surface area contributed by atoms with E-state index in [2.05, 4.69) is 10.3 Å². The zero-order valence-electron chi connectivity index (χ0n) is 12.9. The molecule has 2 aliphatic rings. The normalized spacial score (nSPS) is 24.0. The molecule has 0 bridgehead atoms. The molecule has 2 aromatic heterocycles. The van der Waals surface area contributed by atoms with Crippen LogP contribution in [0, 0.1) is 6.92 Å². The number of hydrogen-bond donors (Lipinski definition) is 1. The first-order valence-electron chi connectivity index (χ1n) is 7.84.